The molecule has 8 rings (SSSR count). The summed E-state index contributed by atoms with van der Waals surface area (Å²) in [7, 11) is 3.94. The van der Waals surface area contributed by atoms with Crippen LogP contribution in [-0.4, -0.2) is 42.8 Å². The number of para-hydroxylation sites is 1. The first-order valence-electron chi connectivity index (χ1n) is 18.0. The first kappa shape index (κ1) is 34.2. The zero-order valence-electron chi connectivity index (χ0n) is 30.4. The number of hydrogen-bond donors (Lipinski definition) is 1. The number of nitrogens with zero attached hydrogens (tertiary/aromatic N) is 5. The Kier molecular flexibility index (Phi) is 8.16. The lowest BCUT2D eigenvalue weighted by Crippen LogP contribution is -2.49. The molecule has 268 valence electrons. The minimum atomic E-state index is -1.15. The second kappa shape index (κ2) is 12.6. The number of allylic oxidation sites excluding steroid dienone is 2. The summed E-state index contributed by atoms with van der Waals surface area (Å²) in [6.07, 6.45) is 2.65. The molecule has 1 saturated carbocycles. The van der Waals surface area contributed by atoms with Gasteiger partial charge in [-0.25, -0.2) is 4.90 Å². The van der Waals surface area contributed by atoms with E-state index in [9.17, 15) is 24.3 Å². The maximum Gasteiger partial charge on any atom is 0.241 e. The maximum atomic E-state index is 14.6. The Labute approximate surface area is 308 Å². The predicted octanol–water partition coefficient (Wildman–Crippen LogP) is 7.93. The highest BCUT2D eigenvalue weighted by Crippen LogP contribution is 2.64. The second-order valence-corrected chi connectivity index (χ2v) is 15.1. The maximum absolute atomic E-state index is 14.6. The van der Waals surface area contributed by atoms with Crippen molar-refractivity contribution in [2.45, 2.75) is 39.5 Å². The van der Waals surface area contributed by atoms with Crippen LogP contribution in [0.2, 0.25) is 0 Å². The average molecular weight is 708 g/mol. The van der Waals surface area contributed by atoms with Gasteiger partial charge in [-0.2, -0.15) is 10.2 Å². The van der Waals surface area contributed by atoms with Crippen LogP contribution in [0.4, 0.5) is 28.4 Å². The van der Waals surface area contributed by atoms with E-state index >= 15 is 0 Å². The highest BCUT2D eigenvalue weighted by Gasteiger charge is 2.67. The number of amides is 4. The number of phenols is 1. The molecule has 10 heteroatoms. The Hall–Kier alpha value is -5.90. The smallest absolute Gasteiger partial charge is 0.241 e. The monoisotopic (exact) mass is 707 g/mol. The van der Waals surface area contributed by atoms with Crippen LogP contribution in [0.1, 0.15) is 42.4 Å². The fourth-order valence-electron chi connectivity index (χ4n) is 9.23. The predicted molar refractivity (Wildman–Crippen MR) is 203 cm³/mol. The van der Waals surface area contributed by atoms with Crippen LogP contribution < -0.4 is 14.7 Å². The molecule has 53 heavy (non-hydrogen) atoms. The van der Waals surface area contributed by atoms with Crippen LogP contribution >= 0.6 is 0 Å². The minimum Gasteiger partial charge on any atom is -0.507 e. The number of phenolic OH excluding ortho intramolecular Hbond substituents is 1. The molecule has 0 spiro atoms. The van der Waals surface area contributed by atoms with Crippen molar-refractivity contribution in [2.75, 3.05) is 28.8 Å². The number of fused-ring (bicyclic) bond motifs is 4. The van der Waals surface area contributed by atoms with Crippen LogP contribution in [0.5, 0.6) is 5.75 Å². The molecule has 3 fully saturated rings. The summed E-state index contributed by atoms with van der Waals surface area (Å²) < 4.78 is 0. The van der Waals surface area contributed by atoms with Gasteiger partial charge in [0.2, 0.25) is 23.6 Å². The molecule has 0 unspecified atom stereocenters. The molecule has 0 bridgehead atoms. The van der Waals surface area contributed by atoms with Gasteiger partial charge in [0.05, 0.1) is 45.9 Å². The van der Waals surface area contributed by atoms with Gasteiger partial charge in [0, 0.05) is 25.7 Å². The molecule has 2 saturated heterocycles. The number of benzene rings is 4. The number of rotatable bonds is 6. The van der Waals surface area contributed by atoms with E-state index in [-0.39, 0.29) is 35.8 Å². The Bertz CT molecular complexity index is 2210. The zero-order chi connectivity index (χ0) is 37.3. The summed E-state index contributed by atoms with van der Waals surface area (Å²) in [5.74, 6) is -3.97. The number of aryl methyl sites for hydroxylation is 2. The molecule has 4 amide bonds. The minimum absolute atomic E-state index is 0.179. The van der Waals surface area contributed by atoms with E-state index in [4.69, 9.17) is 0 Å². The van der Waals surface area contributed by atoms with Gasteiger partial charge in [-0.15, -0.1) is 0 Å². The summed E-state index contributed by atoms with van der Waals surface area (Å²) in [5, 5.41) is 19.4. The number of imide groups is 2. The largest absolute Gasteiger partial charge is 0.507 e. The van der Waals surface area contributed by atoms with E-state index in [2.05, 4.69) is 10.2 Å². The van der Waals surface area contributed by atoms with Gasteiger partial charge >= 0.3 is 0 Å². The zero-order valence-corrected chi connectivity index (χ0v) is 30.4. The van der Waals surface area contributed by atoms with Crippen LogP contribution in [0.25, 0.3) is 0 Å². The molecule has 6 atom stereocenters. The van der Waals surface area contributed by atoms with Crippen LogP contribution in [0.15, 0.2) is 113 Å². The van der Waals surface area contributed by atoms with E-state index in [1.807, 2.05) is 88.3 Å². The molecule has 2 aliphatic heterocycles. The molecule has 4 aromatic rings. The molecule has 1 N–H and O–H groups in total. The number of carbonyl (C=O) groups is 4. The van der Waals surface area contributed by atoms with Crippen molar-refractivity contribution in [3.63, 3.8) is 0 Å². The Morgan fingerprint density at radius 3 is 1.92 bits per heavy atom. The number of hydrogen-bond acceptors (Lipinski definition) is 8. The Morgan fingerprint density at radius 2 is 1.32 bits per heavy atom. The van der Waals surface area contributed by atoms with E-state index < -0.39 is 35.0 Å². The number of azo groups is 1. The summed E-state index contributed by atoms with van der Waals surface area (Å²) >= 11 is 0. The quantitative estimate of drug-likeness (QED) is 0.123. The van der Waals surface area contributed by atoms with Crippen LogP contribution in [-0.2, 0) is 19.2 Å². The first-order chi connectivity index (χ1) is 25.4. The normalized spacial score (nSPS) is 26.5. The van der Waals surface area contributed by atoms with Gasteiger partial charge < -0.3 is 10.0 Å². The van der Waals surface area contributed by atoms with Gasteiger partial charge in [0.25, 0.3) is 0 Å². The second-order valence-electron chi connectivity index (χ2n) is 15.1. The molecule has 2 heterocycles. The summed E-state index contributed by atoms with van der Waals surface area (Å²) in [6.45, 7) is 5.51. The SMILES string of the molecule is Cc1cc([C@H]2C3=CC[C@@H]4C(=O)N(c5ccc(N=Nc6ccc(N(C)C)cc6)cc5)C(=O)[C@@H]4[C@@H]3C[C@H]3C(=O)N(c4ccccc4)C(=O)[C@@]23C)cc(C)c1O. The van der Waals surface area contributed by atoms with Crippen LogP contribution in [0, 0.1) is 42.9 Å². The summed E-state index contributed by atoms with van der Waals surface area (Å²) in [6, 6.07) is 27.3. The van der Waals surface area contributed by atoms with Gasteiger partial charge in [0.1, 0.15) is 5.75 Å². The third-order valence-corrected chi connectivity index (χ3v) is 11.9. The standard InChI is InChI=1S/C43H41N5O5/c1-24-21-26(22-25(2)38(24)49)37-32-19-20-33-36(34(32)23-35-40(51)48(42(53)43(35,37)3)30-9-7-6-8-10-30)41(52)47(39(33)50)31-17-13-28(14-18-31)45-44-27-11-15-29(16-12-27)46(4)5/h6-19,21-22,33-37,49H,20,23H2,1-5H3/t33-,34+,35-,36-,37-,43+/m0/s1. The Balaban J connectivity index is 1.13. The fourth-order valence-corrected chi connectivity index (χ4v) is 9.23. The van der Waals surface area contributed by atoms with E-state index in [0.29, 0.717) is 40.3 Å². The van der Waals surface area contributed by atoms with Gasteiger partial charge in [-0.05, 0) is 117 Å². The van der Waals surface area contributed by atoms with Crippen molar-refractivity contribution in [3.05, 3.63) is 119 Å². The lowest BCUT2D eigenvalue weighted by atomic mass is 9.51. The van der Waals surface area contributed by atoms with E-state index in [0.717, 1.165) is 16.8 Å². The average Bonchev–Trinajstić information content (AvgIpc) is 3.52. The molecule has 4 aliphatic rings. The van der Waals surface area contributed by atoms with Crippen LogP contribution in [0.3, 0.4) is 0 Å². The molecule has 2 aliphatic carbocycles. The topological polar surface area (TPSA) is 123 Å². The number of carbonyl (C=O) groups excluding carboxylic acids is 4. The summed E-state index contributed by atoms with van der Waals surface area (Å²) in [4.78, 5) is 62.2. The molecule has 4 aromatic carbocycles. The third kappa shape index (κ3) is 5.30. The van der Waals surface area contributed by atoms with Gasteiger partial charge in [-0.1, -0.05) is 42.0 Å². The van der Waals surface area contributed by atoms with Crippen molar-refractivity contribution < 1.29 is 24.3 Å². The van der Waals surface area contributed by atoms with Gasteiger partial charge in [-0.3, -0.25) is 24.1 Å². The molecule has 0 radical (unpaired) electrons. The number of aromatic hydroxyl groups is 1. The molecule has 0 aromatic heterocycles. The molecular formula is C43H41N5O5. The van der Waals surface area contributed by atoms with Crippen molar-refractivity contribution in [1.29, 1.82) is 0 Å². The fraction of sp³-hybridized carbons (Fsp3) is 0.302. The Morgan fingerprint density at radius 1 is 0.736 bits per heavy atom. The van der Waals surface area contributed by atoms with Crippen molar-refractivity contribution in [2.24, 2.45) is 39.3 Å². The lowest BCUT2D eigenvalue weighted by Gasteiger charge is -2.49. The molecular weight excluding hydrogens is 667 g/mol. The van der Waals surface area contributed by atoms with E-state index in [1.165, 1.54) is 9.80 Å². The highest BCUT2D eigenvalue weighted by molar-refractivity contribution is 6.25. The van der Waals surface area contributed by atoms with Crippen molar-refractivity contribution in [3.8, 4) is 5.75 Å². The van der Waals surface area contributed by atoms with Crippen molar-refractivity contribution in [1.82, 2.24) is 0 Å². The first-order valence-corrected chi connectivity index (χ1v) is 18.0. The van der Waals surface area contributed by atoms with Gasteiger partial charge in [0.15, 0.2) is 0 Å². The highest BCUT2D eigenvalue weighted by atomic mass is 16.3. The van der Waals surface area contributed by atoms with E-state index in [1.54, 1.807) is 48.5 Å². The summed E-state index contributed by atoms with van der Waals surface area (Å²) in [5.41, 5.74) is 5.18. The number of anilines is 3. The third-order valence-electron chi connectivity index (χ3n) is 11.9. The lowest BCUT2D eigenvalue weighted by molar-refractivity contribution is -0.131. The van der Waals surface area contributed by atoms with Crippen molar-refractivity contribution >= 4 is 52.1 Å². The molecule has 10 nitrogen and oxygen atoms in total.